The number of hydrogen-bond acceptors (Lipinski definition) is 7. The van der Waals surface area contributed by atoms with Gasteiger partial charge in [0.25, 0.3) is 0 Å². The zero-order chi connectivity index (χ0) is 15.4. The minimum absolute atomic E-state index is 0.127. The Morgan fingerprint density at radius 2 is 1.95 bits per heavy atom. The van der Waals surface area contributed by atoms with Gasteiger partial charge in [0, 0.05) is 7.05 Å². The molecule has 0 saturated heterocycles. The average molecular weight is 310 g/mol. The molecule has 112 valence electrons. The Morgan fingerprint density at radius 1 is 1.33 bits per heavy atom. The van der Waals surface area contributed by atoms with Gasteiger partial charge < -0.3 is 19.1 Å². The number of thioether (sulfide) groups is 1. The number of ether oxygens (including phenoxy) is 2. The van der Waals surface area contributed by atoms with Crippen LogP contribution in [0, 0.1) is 0 Å². The summed E-state index contributed by atoms with van der Waals surface area (Å²) in [7, 11) is 4.67. The standard InChI is InChI=1S/C12H14N4O4S/c1-16-7(11(17)18)5-13-12(16)21-6-8-14-9(19-2)4-10(15-8)20-3/h4-5H,6H2,1-3H3,(H,17,18). The van der Waals surface area contributed by atoms with Crippen molar-refractivity contribution in [2.24, 2.45) is 7.05 Å². The van der Waals surface area contributed by atoms with Crippen molar-refractivity contribution in [3.05, 3.63) is 23.8 Å². The predicted molar refractivity (Wildman–Crippen MR) is 74.9 cm³/mol. The van der Waals surface area contributed by atoms with Crippen LogP contribution in [0.2, 0.25) is 0 Å². The quantitative estimate of drug-likeness (QED) is 0.795. The smallest absolute Gasteiger partial charge is 0.354 e. The van der Waals surface area contributed by atoms with Crippen molar-refractivity contribution >= 4 is 17.7 Å². The average Bonchev–Trinajstić information content (AvgIpc) is 2.85. The Kier molecular flexibility index (Phi) is 4.63. The van der Waals surface area contributed by atoms with Crippen LogP contribution in [0.5, 0.6) is 11.8 Å². The maximum Gasteiger partial charge on any atom is 0.354 e. The molecule has 0 fully saturated rings. The van der Waals surface area contributed by atoms with Crippen LogP contribution in [0.4, 0.5) is 0 Å². The van der Waals surface area contributed by atoms with Crippen LogP contribution in [0.1, 0.15) is 16.3 Å². The number of carboxylic acids is 1. The lowest BCUT2D eigenvalue weighted by molar-refractivity contribution is 0.0685. The summed E-state index contributed by atoms with van der Waals surface area (Å²) in [6, 6.07) is 1.58. The number of carboxylic acid groups (broad SMARTS) is 1. The molecule has 0 unspecified atom stereocenters. The molecule has 2 heterocycles. The molecule has 0 atom stereocenters. The van der Waals surface area contributed by atoms with E-state index in [4.69, 9.17) is 14.6 Å². The number of methoxy groups -OCH3 is 2. The molecule has 1 N–H and O–H groups in total. The summed E-state index contributed by atoms with van der Waals surface area (Å²) in [6.45, 7) is 0. The Hall–Kier alpha value is -2.29. The van der Waals surface area contributed by atoms with Crippen molar-refractivity contribution in [2.75, 3.05) is 14.2 Å². The van der Waals surface area contributed by atoms with Crippen LogP contribution in [0.25, 0.3) is 0 Å². The highest BCUT2D eigenvalue weighted by molar-refractivity contribution is 7.98. The first-order valence-corrected chi connectivity index (χ1v) is 6.87. The van der Waals surface area contributed by atoms with E-state index in [-0.39, 0.29) is 5.69 Å². The molecule has 0 saturated carbocycles. The fourth-order valence-electron chi connectivity index (χ4n) is 1.58. The van der Waals surface area contributed by atoms with E-state index in [1.54, 1.807) is 13.1 Å². The highest BCUT2D eigenvalue weighted by atomic mass is 32.2. The summed E-state index contributed by atoms with van der Waals surface area (Å²) >= 11 is 1.33. The molecular formula is C12H14N4O4S. The maximum absolute atomic E-state index is 10.9. The summed E-state index contributed by atoms with van der Waals surface area (Å²) in [4.78, 5) is 23.4. The van der Waals surface area contributed by atoms with E-state index >= 15 is 0 Å². The molecule has 21 heavy (non-hydrogen) atoms. The van der Waals surface area contributed by atoms with E-state index in [1.807, 2.05) is 0 Å². The monoisotopic (exact) mass is 310 g/mol. The Balaban J connectivity index is 2.14. The van der Waals surface area contributed by atoms with Gasteiger partial charge in [-0.2, -0.15) is 9.97 Å². The minimum Gasteiger partial charge on any atom is -0.481 e. The molecule has 0 bridgehead atoms. The number of aromatic nitrogens is 4. The second kappa shape index (κ2) is 6.44. The molecule has 2 rings (SSSR count). The second-order valence-corrected chi connectivity index (χ2v) is 4.89. The zero-order valence-corrected chi connectivity index (χ0v) is 12.5. The Bertz CT molecular complexity index is 636. The third-order valence-electron chi connectivity index (χ3n) is 2.64. The van der Waals surface area contributed by atoms with E-state index < -0.39 is 5.97 Å². The van der Waals surface area contributed by atoms with E-state index in [9.17, 15) is 4.79 Å². The van der Waals surface area contributed by atoms with Gasteiger partial charge in [0.15, 0.2) is 5.16 Å². The summed E-state index contributed by atoms with van der Waals surface area (Å²) in [5, 5.41) is 9.54. The van der Waals surface area contributed by atoms with Gasteiger partial charge in [-0.05, 0) is 0 Å². The summed E-state index contributed by atoms with van der Waals surface area (Å²) in [5.74, 6) is 0.719. The fourth-order valence-corrected chi connectivity index (χ4v) is 2.38. The van der Waals surface area contributed by atoms with Gasteiger partial charge in [-0.3, -0.25) is 0 Å². The van der Waals surface area contributed by atoms with Crippen molar-refractivity contribution in [1.29, 1.82) is 0 Å². The van der Waals surface area contributed by atoms with Gasteiger partial charge in [-0.25, -0.2) is 9.78 Å². The van der Waals surface area contributed by atoms with Crippen LogP contribution in [-0.4, -0.2) is 44.8 Å². The summed E-state index contributed by atoms with van der Waals surface area (Å²) in [5.41, 5.74) is 0.127. The molecule has 0 radical (unpaired) electrons. The van der Waals surface area contributed by atoms with Crippen molar-refractivity contribution in [2.45, 2.75) is 10.9 Å². The third kappa shape index (κ3) is 3.43. The molecule has 2 aromatic heterocycles. The lowest BCUT2D eigenvalue weighted by atomic mass is 10.5. The Labute approximate surface area is 125 Å². The third-order valence-corrected chi connectivity index (χ3v) is 3.68. The van der Waals surface area contributed by atoms with Crippen LogP contribution < -0.4 is 9.47 Å². The first-order valence-electron chi connectivity index (χ1n) is 5.89. The highest BCUT2D eigenvalue weighted by Gasteiger charge is 2.14. The highest BCUT2D eigenvalue weighted by Crippen LogP contribution is 2.23. The first-order chi connectivity index (χ1) is 10.0. The van der Waals surface area contributed by atoms with Gasteiger partial charge >= 0.3 is 5.97 Å². The molecule has 8 nitrogen and oxygen atoms in total. The molecular weight excluding hydrogens is 296 g/mol. The number of nitrogens with zero attached hydrogens (tertiary/aromatic N) is 4. The summed E-state index contributed by atoms with van der Waals surface area (Å²) < 4.78 is 11.6. The van der Waals surface area contributed by atoms with Gasteiger partial charge in [0.1, 0.15) is 11.5 Å². The summed E-state index contributed by atoms with van der Waals surface area (Å²) in [6.07, 6.45) is 1.32. The minimum atomic E-state index is -1.02. The van der Waals surface area contributed by atoms with Crippen molar-refractivity contribution in [3.63, 3.8) is 0 Å². The fraction of sp³-hybridized carbons (Fsp3) is 0.333. The number of imidazole rings is 1. The van der Waals surface area contributed by atoms with Crippen molar-refractivity contribution in [3.8, 4) is 11.8 Å². The maximum atomic E-state index is 10.9. The van der Waals surface area contributed by atoms with E-state index in [1.165, 1.54) is 36.7 Å². The zero-order valence-electron chi connectivity index (χ0n) is 11.7. The molecule has 9 heteroatoms. The van der Waals surface area contributed by atoms with Crippen molar-refractivity contribution in [1.82, 2.24) is 19.5 Å². The lowest BCUT2D eigenvalue weighted by Gasteiger charge is -2.06. The molecule has 0 aliphatic rings. The van der Waals surface area contributed by atoms with Gasteiger partial charge in [-0.15, -0.1) is 0 Å². The molecule has 0 spiro atoms. The van der Waals surface area contributed by atoms with Crippen LogP contribution in [0.3, 0.4) is 0 Å². The number of carbonyl (C=O) groups is 1. The Morgan fingerprint density at radius 3 is 2.43 bits per heavy atom. The van der Waals surface area contributed by atoms with Crippen molar-refractivity contribution < 1.29 is 19.4 Å². The van der Waals surface area contributed by atoms with E-state index in [2.05, 4.69) is 15.0 Å². The van der Waals surface area contributed by atoms with Crippen LogP contribution in [-0.2, 0) is 12.8 Å². The number of aromatic carboxylic acids is 1. The van der Waals surface area contributed by atoms with E-state index in [0.29, 0.717) is 28.5 Å². The molecule has 0 aliphatic heterocycles. The SMILES string of the molecule is COc1cc(OC)nc(CSc2ncc(C(=O)O)n2C)n1. The van der Waals surface area contributed by atoms with Crippen LogP contribution >= 0.6 is 11.8 Å². The topological polar surface area (TPSA) is 99.4 Å². The largest absolute Gasteiger partial charge is 0.481 e. The van der Waals surface area contributed by atoms with Gasteiger partial charge in [0.05, 0.1) is 32.2 Å². The first kappa shape index (κ1) is 15.1. The van der Waals surface area contributed by atoms with Crippen LogP contribution in [0.15, 0.2) is 17.4 Å². The second-order valence-electron chi connectivity index (χ2n) is 3.95. The normalized spacial score (nSPS) is 10.4. The lowest BCUT2D eigenvalue weighted by Crippen LogP contribution is -2.05. The molecule has 2 aromatic rings. The molecule has 0 amide bonds. The van der Waals surface area contributed by atoms with Gasteiger partial charge in [0.2, 0.25) is 11.8 Å². The number of hydrogen-bond donors (Lipinski definition) is 1. The molecule has 0 aromatic carbocycles. The van der Waals surface area contributed by atoms with Gasteiger partial charge in [-0.1, -0.05) is 11.8 Å². The van der Waals surface area contributed by atoms with E-state index in [0.717, 1.165) is 0 Å². The molecule has 0 aliphatic carbocycles. The predicted octanol–water partition coefficient (Wildman–Crippen LogP) is 1.22. The number of rotatable bonds is 6.